The van der Waals surface area contributed by atoms with Crippen molar-refractivity contribution in [2.75, 3.05) is 0 Å². The molecule has 0 aliphatic carbocycles. The SMILES string of the molecule is CCCCCCCCCC(OC(=O)c1ccccc1C(=O)O)C(C)C. The lowest BCUT2D eigenvalue weighted by Crippen LogP contribution is -2.24. The summed E-state index contributed by atoms with van der Waals surface area (Å²) in [4.78, 5) is 23.7. The van der Waals surface area contributed by atoms with Gasteiger partial charge in [0.2, 0.25) is 0 Å². The van der Waals surface area contributed by atoms with E-state index in [1.54, 1.807) is 12.1 Å². The van der Waals surface area contributed by atoms with Crippen molar-refractivity contribution >= 4 is 11.9 Å². The van der Waals surface area contributed by atoms with Crippen LogP contribution in [-0.4, -0.2) is 23.1 Å². The second-order valence-electron chi connectivity index (χ2n) is 6.95. The molecule has 0 aliphatic heterocycles. The zero-order valence-electron chi connectivity index (χ0n) is 15.8. The molecule has 1 aromatic rings. The first-order valence-electron chi connectivity index (χ1n) is 9.50. The molecule has 1 unspecified atom stereocenters. The molecule has 0 saturated heterocycles. The molecule has 0 spiro atoms. The van der Waals surface area contributed by atoms with Crippen molar-refractivity contribution in [3.05, 3.63) is 35.4 Å². The molecule has 1 rings (SSSR count). The first kappa shape index (κ1) is 21.2. The van der Waals surface area contributed by atoms with Gasteiger partial charge in [-0.15, -0.1) is 0 Å². The molecule has 0 fully saturated rings. The minimum Gasteiger partial charge on any atom is -0.478 e. The summed E-state index contributed by atoms with van der Waals surface area (Å²) in [5, 5.41) is 9.21. The zero-order valence-corrected chi connectivity index (χ0v) is 15.8. The average molecular weight is 348 g/mol. The Morgan fingerprint density at radius 3 is 2.08 bits per heavy atom. The summed E-state index contributed by atoms with van der Waals surface area (Å²) >= 11 is 0. The second-order valence-corrected chi connectivity index (χ2v) is 6.95. The van der Waals surface area contributed by atoms with E-state index in [9.17, 15) is 14.7 Å². The summed E-state index contributed by atoms with van der Waals surface area (Å²) in [6.45, 7) is 6.27. The molecule has 140 valence electrons. The third kappa shape index (κ3) is 7.72. The van der Waals surface area contributed by atoms with Crippen molar-refractivity contribution < 1.29 is 19.4 Å². The summed E-state index contributed by atoms with van der Waals surface area (Å²) in [5.41, 5.74) is 0.117. The molecule has 0 radical (unpaired) electrons. The maximum atomic E-state index is 12.4. The van der Waals surface area contributed by atoms with Crippen LogP contribution >= 0.6 is 0 Å². The van der Waals surface area contributed by atoms with Gasteiger partial charge in [-0.05, 0) is 30.9 Å². The van der Waals surface area contributed by atoms with Gasteiger partial charge in [0.15, 0.2) is 0 Å². The predicted molar refractivity (Wildman–Crippen MR) is 100 cm³/mol. The number of carbonyl (C=O) groups is 2. The number of unbranched alkanes of at least 4 members (excludes halogenated alkanes) is 6. The zero-order chi connectivity index (χ0) is 18.7. The fraction of sp³-hybridized carbons (Fsp3) is 0.619. The topological polar surface area (TPSA) is 63.6 Å². The monoisotopic (exact) mass is 348 g/mol. The van der Waals surface area contributed by atoms with E-state index in [4.69, 9.17) is 4.74 Å². The van der Waals surface area contributed by atoms with Crippen LogP contribution in [0.1, 0.15) is 92.9 Å². The van der Waals surface area contributed by atoms with Gasteiger partial charge in [-0.2, -0.15) is 0 Å². The maximum absolute atomic E-state index is 12.4. The van der Waals surface area contributed by atoms with Gasteiger partial charge in [-0.1, -0.05) is 71.4 Å². The Hall–Kier alpha value is -1.84. The van der Waals surface area contributed by atoms with Crippen molar-refractivity contribution in [3.8, 4) is 0 Å². The van der Waals surface area contributed by atoms with Crippen LogP contribution in [0.5, 0.6) is 0 Å². The molecule has 25 heavy (non-hydrogen) atoms. The van der Waals surface area contributed by atoms with E-state index in [0.717, 1.165) is 19.3 Å². The summed E-state index contributed by atoms with van der Waals surface area (Å²) in [5.74, 6) is -1.44. The van der Waals surface area contributed by atoms with Crippen molar-refractivity contribution in [1.82, 2.24) is 0 Å². The normalized spacial score (nSPS) is 12.2. The lowest BCUT2D eigenvalue weighted by molar-refractivity contribution is 0.0147. The van der Waals surface area contributed by atoms with Crippen LogP contribution in [0.3, 0.4) is 0 Å². The average Bonchev–Trinajstić information content (AvgIpc) is 2.59. The van der Waals surface area contributed by atoms with Gasteiger partial charge in [-0.25, -0.2) is 9.59 Å². The highest BCUT2D eigenvalue weighted by Gasteiger charge is 2.22. The molecule has 1 N–H and O–H groups in total. The largest absolute Gasteiger partial charge is 0.478 e. The molecule has 0 heterocycles. The van der Waals surface area contributed by atoms with E-state index in [2.05, 4.69) is 6.92 Å². The number of esters is 1. The Morgan fingerprint density at radius 1 is 0.960 bits per heavy atom. The van der Waals surface area contributed by atoms with Crippen LogP contribution in [0.25, 0.3) is 0 Å². The van der Waals surface area contributed by atoms with Crippen molar-refractivity contribution in [2.45, 2.75) is 78.2 Å². The van der Waals surface area contributed by atoms with Crippen molar-refractivity contribution in [3.63, 3.8) is 0 Å². The van der Waals surface area contributed by atoms with E-state index in [-0.39, 0.29) is 23.1 Å². The first-order chi connectivity index (χ1) is 12.0. The van der Waals surface area contributed by atoms with Crippen LogP contribution in [0.15, 0.2) is 24.3 Å². The minimum atomic E-state index is -1.11. The maximum Gasteiger partial charge on any atom is 0.339 e. The number of aromatic carboxylic acids is 1. The minimum absolute atomic E-state index is 0.00840. The number of benzene rings is 1. The number of hydrogen-bond donors (Lipinski definition) is 1. The number of carboxylic acids is 1. The van der Waals surface area contributed by atoms with Crippen molar-refractivity contribution in [1.29, 1.82) is 0 Å². The van der Waals surface area contributed by atoms with E-state index in [1.807, 2.05) is 13.8 Å². The Morgan fingerprint density at radius 2 is 1.52 bits per heavy atom. The lowest BCUT2D eigenvalue weighted by atomic mass is 9.99. The predicted octanol–water partition coefficient (Wildman–Crippen LogP) is 5.71. The molecule has 4 nitrogen and oxygen atoms in total. The van der Waals surface area contributed by atoms with Gasteiger partial charge < -0.3 is 9.84 Å². The van der Waals surface area contributed by atoms with Crippen LogP contribution in [-0.2, 0) is 4.74 Å². The highest BCUT2D eigenvalue weighted by molar-refractivity contribution is 6.02. The quantitative estimate of drug-likeness (QED) is 0.388. The number of ether oxygens (including phenoxy) is 1. The van der Waals surface area contributed by atoms with Crippen LogP contribution in [0.4, 0.5) is 0 Å². The molecule has 0 aromatic heterocycles. The molecular formula is C21H32O4. The smallest absolute Gasteiger partial charge is 0.339 e. The van der Waals surface area contributed by atoms with Gasteiger partial charge in [0, 0.05) is 0 Å². The van der Waals surface area contributed by atoms with Gasteiger partial charge in [0.05, 0.1) is 11.1 Å². The Bertz CT molecular complexity index is 536. The van der Waals surface area contributed by atoms with E-state index >= 15 is 0 Å². The molecule has 0 aliphatic rings. The fourth-order valence-corrected chi connectivity index (χ4v) is 2.88. The molecular weight excluding hydrogens is 316 g/mol. The van der Waals surface area contributed by atoms with E-state index < -0.39 is 11.9 Å². The van der Waals surface area contributed by atoms with E-state index in [1.165, 1.54) is 44.2 Å². The molecule has 4 heteroatoms. The number of rotatable bonds is 12. The summed E-state index contributed by atoms with van der Waals surface area (Å²) < 4.78 is 5.63. The number of carboxylic acid groups (broad SMARTS) is 1. The van der Waals surface area contributed by atoms with Gasteiger partial charge in [-0.3, -0.25) is 0 Å². The Kier molecular flexibility index (Phi) is 9.90. The van der Waals surface area contributed by atoms with Crippen LogP contribution in [0, 0.1) is 5.92 Å². The first-order valence-corrected chi connectivity index (χ1v) is 9.50. The van der Waals surface area contributed by atoms with Gasteiger partial charge >= 0.3 is 11.9 Å². The highest BCUT2D eigenvalue weighted by Crippen LogP contribution is 2.19. The molecule has 0 saturated carbocycles. The summed E-state index contributed by atoms with van der Waals surface area (Å²) in [7, 11) is 0. The number of hydrogen-bond acceptors (Lipinski definition) is 3. The van der Waals surface area contributed by atoms with Crippen LogP contribution < -0.4 is 0 Å². The molecule has 1 atom stereocenters. The third-order valence-corrected chi connectivity index (χ3v) is 4.47. The van der Waals surface area contributed by atoms with E-state index in [0.29, 0.717) is 0 Å². The second kappa shape index (κ2) is 11.7. The molecule has 0 amide bonds. The summed E-state index contributed by atoms with van der Waals surface area (Å²) in [6, 6.07) is 6.21. The highest BCUT2D eigenvalue weighted by atomic mass is 16.5. The van der Waals surface area contributed by atoms with Gasteiger partial charge in [0.1, 0.15) is 6.10 Å². The third-order valence-electron chi connectivity index (χ3n) is 4.47. The van der Waals surface area contributed by atoms with Crippen LogP contribution in [0.2, 0.25) is 0 Å². The van der Waals surface area contributed by atoms with Crippen molar-refractivity contribution in [2.24, 2.45) is 5.92 Å². The van der Waals surface area contributed by atoms with Gasteiger partial charge in [0.25, 0.3) is 0 Å². The number of carbonyl (C=O) groups excluding carboxylic acids is 1. The fourth-order valence-electron chi connectivity index (χ4n) is 2.88. The Labute approximate surface area is 151 Å². The standard InChI is InChI=1S/C21H32O4/c1-4-5-6-7-8-9-10-15-19(16(2)3)25-21(24)18-14-12-11-13-17(18)20(22)23/h11-14,16,19H,4-10,15H2,1-3H3,(H,22,23). The summed E-state index contributed by atoms with van der Waals surface area (Å²) in [6.07, 6.45) is 9.17. The lowest BCUT2D eigenvalue weighted by Gasteiger charge is -2.22. The molecule has 1 aromatic carbocycles. The molecule has 0 bridgehead atoms. The Balaban J connectivity index is 2.52.